The van der Waals surface area contributed by atoms with Crippen molar-refractivity contribution in [1.29, 1.82) is 0 Å². The number of halogens is 1. The van der Waals surface area contributed by atoms with Gasteiger partial charge in [0.25, 0.3) is 0 Å². The highest BCUT2D eigenvalue weighted by molar-refractivity contribution is 7.99. The number of hydrogen-bond acceptors (Lipinski definition) is 5. The van der Waals surface area contributed by atoms with E-state index in [1.165, 1.54) is 11.8 Å². The Morgan fingerprint density at radius 2 is 2.00 bits per heavy atom. The molecular weight excluding hydrogens is 406 g/mol. The van der Waals surface area contributed by atoms with Gasteiger partial charge in [0.15, 0.2) is 5.16 Å². The second-order valence-electron chi connectivity index (χ2n) is 6.73. The summed E-state index contributed by atoms with van der Waals surface area (Å²) in [5.41, 5.74) is 2.77. The smallest absolute Gasteiger partial charge is 0.234 e. The van der Waals surface area contributed by atoms with Crippen LogP contribution in [0.25, 0.3) is 5.69 Å². The number of hydrogen-bond donors (Lipinski definition) is 1. The van der Waals surface area contributed by atoms with Crippen LogP contribution in [0.3, 0.4) is 0 Å². The van der Waals surface area contributed by atoms with Crippen LogP contribution in [0.1, 0.15) is 20.8 Å². The highest BCUT2D eigenvalue weighted by atomic mass is 35.5. The van der Waals surface area contributed by atoms with E-state index in [1.54, 1.807) is 6.33 Å². The molecule has 1 heterocycles. The lowest BCUT2D eigenvalue weighted by Gasteiger charge is -2.27. The molecule has 3 rings (SSSR count). The molecule has 1 aromatic heterocycles. The second kappa shape index (κ2) is 9.80. The van der Waals surface area contributed by atoms with Crippen LogP contribution in [-0.4, -0.2) is 39.0 Å². The highest BCUT2D eigenvalue weighted by Gasteiger charge is 2.12. The number of benzene rings is 2. The molecular formula is C21H24ClN5OS. The third kappa shape index (κ3) is 5.52. The molecule has 0 aliphatic rings. The molecule has 3 aromatic rings. The minimum atomic E-state index is -0.0976. The number of amides is 1. The molecule has 0 fully saturated rings. The number of nitrogens with zero attached hydrogens (tertiary/aromatic N) is 4. The number of rotatable bonds is 8. The van der Waals surface area contributed by atoms with Crippen molar-refractivity contribution in [2.75, 3.05) is 22.5 Å². The van der Waals surface area contributed by atoms with E-state index in [-0.39, 0.29) is 11.7 Å². The molecule has 0 saturated carbocycles. The molecule has 0 bridgehead atoms. The van der Waals surface area contributed by atoms with Gasteiger partial charge < -0.3 is 10.2 Å². The third-order valence-electron chi connectivity index (χ3n) is 4.38. The van der Waals surface area contributed by atoms with Crippen LogP contribution in [0, 0.1) is 0 Å². The molecule has 0 radical (unpaired) electrons. The fourth-order valence-corrected chi connectivity index (χ4v) is 3.95. The number of anilines is 2. The Hall–Kier alpha value is -2.51. The fourth-order valence-electron chi connectivity index (χ4n) is 3.04. The van der Waals surface area contributed by atoms with Gasteiger partial charge in [-0.25, -0.2) is 0 Å². The summed E-state index contributed by atoms with van der Waals surface area (Å²) in [4.78, 5) is 14.7. The van der Waals surface area contributed by atoms with Crippen molar-refractivity contribution in [3.8, 4) is 5.69 Å². The Morgan fingerprint density at radius 1 is 1.24 bits per heavy atom. The van der Waals surface area contributed by atoms with E-state index in [0.29, 0.717) is 16.2 Å². The number of carbonyl (C=O) groups excluding carboxylic acids is 1. The van der Waals surface area contributed by atoms with Gasteiger partial charge in [0.2, 0.25) is 5.91 Å². The van der Waals surface area contributed by atoms with Crippen molar-refractivity contribution in [3.05, 3.63) is 59.9 Å². The SMILES string of the molecule is CCN(c1ccc(NC(=O)CSc2nncn2-c2cccc(Cl)c2)cc1)C(C)C. The maximum atomic E-state index is 12.4. The molecule has 2 aromatic carbocycles. The van der Waals surface area contributed by atoms with E-state index < -0.39 is 0 Å². The number of carbonyl (C=O) groups is 1. The minimum absolute atomic E-state index is 0.0976. The summed E-state index contributed by atoms with van der Waals surface area (Å²) in [6.07, 6.45) is 1.61. The summed E-state index contributed by atoms with van der Waals surface area (Å²) in [6, 6.07) is 15.8. The molecule has 0 aliphatic carbocycles. The van der Waals surface area contributed by atoms with Gasteiger partial charge in [0, 0.05) is 29.0 Å². The van der Waals surface area contributed by atoms with Crippen LogP contribution in [0.5, 0.6) is 0 Å². The van der Waals surface area contributed by atoms with Gasteiger partial charge in [-0.05, 0) is 63.2 Å². The Kier molecular flexibility index (Phi) is 7.17. The Bertz CT molecular complexity index is 958. The Balaban J connectivity index is 1.59. The van der Waals surface area contributed by atoms with E-state index in [4.69, 9.17) is 11.6 Å². The first kappa shape index (κ1) is 21.2. The lowest BCUT2D eigenvalue weighted by molar-refractivity contribution is -0.113. The maximum Gasteiger partial charge on any atom is 0.234 e. The third-order valence-corrected chi connectivity index (χ3v) is 5.56. The lowest BCUT2D eigenvalue weighted by Crippen LogP contribution is -2.30. The predicted molar refractivity (Wildman–Crippen MR) is 120 cm³/mol. The first-order chi connectivity index (χ1) is 14.0. The number of aromatic nitrogens is 3. The first-order valence-corrected chi connectivity index (χ1v) is 10.8. The fraction of sp³-hybridized carbons (Fsp3) is 0.286. The van der Waals surface area contributed by atoms with Gasteiger partial charge in [0.05, 0.1) is 11.4 Å². The van der Waals surface area contributed by atoms with E-state index in [2.05, 4.69) is 41.2 Å². The summed E-state index contributed by atoms with van der Waals surface area (Å²) in [5.74, 6) is 0.133. The van der Waals surface area contributed by atoms with Crippen molar-refractivity contribution in [2.24, 2.45) is 0 Å². The minimum Gasteiger partial charge on any atom is -0.369 e. The zero-order valence-corrected chi connectivity index (χ0v) is 18.2. The lowest BCUT2D eigenvalue weighted by atomic mass is 10.2. The molecule has 29 heavy (non-hydrogen) atoms. The van der Waals surface area contributed by atoms with Gasteiger partial charge in [-0.3, -0.25) is 9.36 Å². The van der Waals surface area contributed by atoms with E-state index in [1.807, 2.05) is 53.1 Å². The second-order valence-corrected chi connectivity index (χ2v) is 8.11. The zero-order valence-electron chi connectivity index (χ0n) is 16.7. The molecule has 0 saturated heterocycles. The van der Waals surface area contributed by atoms with Gasteiger partial charge in [-0.1, -0.05) is 29.4 Å². The van der Waals surface area contributed by atoms with Crippen molar-refractivity contribution in [2.45, 2.75) is 32.0 Å². The number of thioether (sulfide) groups is 1. The molecule has 8 heteroatoms. The molecule has 0 aliphatic heterocycles. The van der Waals surface area contributed by atoms with Gasteiger partial charge in [-0.2, -0.15) is 0 Å². The average Bonchev–Trinajstić information content (AvgIpc) is 3.17. The van der Waals surface area contributed by atoms with Gasteiger partial charge >= 0.3 is 0 Å². The summed E-state index contributed by atoms with van der Waals surface area (Å²) in [6.45, 7) is 7.40. The first-order valence-electron chi connectivity index (χ1n) is 9.43. The molecule has 1 N–H and O–H groups in total. The van der Waals surface area contributed by atoms with E-state index in [0.717, 1.165) is 23.6 Å². The van der Waals surface area contributed by atoms with Crippen molar-refractivity contribution in [1.82, 2.24) is 14.8 Å². The topological polar surface area (TPSA) is 63.1 Å². The largest absolute Gasteiger partial charge is 0.369 e. The quantitative estimate of drug-likeness (QED) is 0.516. The molecule has 152 valence electrons. The summed E-state index contributed by atoms with van der Waals surface area (Å²) < 4.78 is 1.81. The maximum absolute atomic E-state index is 12.4. The Morgan fingerprint density at radius 3 is 2.66 bits per heavy atom. The summed E-state index contributed by atoms with van der Waals surface area (Å²) in [7, 11) is 0. The molecule has 1 amide bonds. The van der Waals surface area contributed by atoms with E-state index in [9.17, 15) is 4.79 Å². The monoisotopic (exact) mass is 429 g/mol. The van der Waals surface area contributed by atoms with Crippen LogP contribution in [-0.2, 0) is 4.79 Å². The normalized spacial score (nSPS) is 10.9. The predicted octanol–water partition coefficient (Wildman–Crippen LogP) is 4.89. The molecule has 0 spiro atoms. The standard InChI is InChI=1S/C21H24ClN5OS/c1-4-26(15(2)3)18-10-8-17(9-11-18)24-20(28)13-29-21-25-23-14-27(21)19-7-5-6-16(22)12-19/h5-12,14-15H,4,13H2,1-3H3,(H,24,28). The van der Waals surface area contributed by atoms with Crippen molar-refractivity contribution < 1.29 is 4.79 Å². The molecule has 0 atom stereocenters. The average molecular weight is 430 g/mol. The van der Waals surface area contributed by atoms with Crippen LogP contribution in [0.15, 0.2) is 60.0 Å². The number of nitrogens with one attached hydrogen (secondary N) is 1. The zero-order chi connectivity index (χ0) is 20.8. The van der Waals surface area contributed by atoms with Crippen molar-refractivity contribution in [3.63, 3.8) is 0 Å². The summed E-state index contributed by atoms with van der Waals surface area (Å²) in [5, 5.41) is 12.3. The van der Waals surface area contributed by atoms with Crippen LogP contribution in [0.2, 0.25) is 5.02 Å². The molecule has 0 unspecified atom stereocenters. The molecule has 6 nitrogen and oxygen atoms in total. The van der Waals surface area contributed by atoms with Gasteiger partial charge in [0.1, 0.15) is 6.33 Å². The Labute approximate surface area is 180 Å². The van der Waals surface area contributed by atoms with Gasteiger partial charge in [-0.15, -0.1) is 10.2 Å². The van der Waals surface area contributed by atoms with Crippen LogP contribution < -0.4 is 10.2 Å². The highest BCUT2D eigenvalue weighted by Crippen LogP contribution is 2.23. The van der Waals surface area contributed by atoms with Crippen molar-refractivity contribution >= 4 is 40.6 Å². The summed E-state index contributed by atoms with van der Waals surface area (Å²) >= 11 is 7.38. The van der Waals surface area contributed by atoms with E-state index >= 15 is 0 Å². The van der Waals surface area contributed by atoms with Crippen LogP contribution >= 0.6 is 23.4 Å². The van der Waals surface area contributed by atoms with Crippen LogP contribution in [0.4, 0.5) is 11.4 Å².